The van der Waals surface area contributed by atoms with Gasteiger partial charge >= 0.3 is 0 Å². The van der Waals surface area contributed by atoms with Gasteiger partial charge in [0.15, 0.2) is 0 Å². The lowest BCUT2D eigenvalue weighted by Gasteiger charge is -2.09. The molecule has 0 rings (SSSR count). The van der Waals surface area contributed by atoms with Crippen molar-refractivity contribution < 1.29 is 0 Å². The highest BCUT2D eigenvalue weighted by Crippen LogP contribution is 1.75. The Morgan fingerprint density at radius 2 is 1.27 bits per heavy atom. The molecule has 0 radical (unpaired) electrons. The van der Waals surface area contributed by atoms with Crippen LogP contribution in [-0.2, 0) is 0 Å². The number of hydrogen-bond acceptors (Lipinski definition) is 5. The highest BCUT2D eigenvalue weighted by atomic mass is 15.0. The summed E-state index contributed by atoms with van der Waals surface area (Å²) in [4.78, 5) is 0. The molecular formula is C10H19N5. The molecule has 0 spiro atoms. The van der Waals surface area contributed by atoms with Crippen molar-refractivity contribution in [2.45, 2.75) is 25.9 Å². The third-order valence-corrected chi connectivity index (χ3v) is 1.89. The summed E-state index contributed by atoms with van der Waals surface area (Å²) in [6.07, 6.45) is 0. The second-order valence-electron chi connectivity index (χ2n) is 3.36. The van der Waals surface area contributed by atoms with Crippen LogP contribution >= 0.6 is 0 Å². The van der Waals surface area contributed by atoms with E-state index in [1.807, 2.05) is 13.8 Å². The molecule has 2 atom stereocenters. The molecule has 3 N–H and O–H groups in total. The first-order chi connectivity index (χ1) is 7.20. The third kappa shape index (κ3) is 9.17. The lowest BCUT2D eigenvalue weighted by atomic mass is 10.3. The van der Waals surface area contributed by atoms with E-state index < -0.39 is 0 Å². The van der Waals surface area contributed by atoms with E-state index in [9.17, 15) is 0 Å². The average molecular weight is 209 g/mol. The van der Waals surface area contributed by atoms with Gasteiger partial charge in [-0.05, 0) is 13.8 Å². The average Bonchev–Trinajstić information content (AvgIpc) is 2.26. The molecule has 0 aromatic rings. The van der Waals surface area contributed by atoms with Gasteiger partial charge in [0, 0.05) is 26.2 Å². The predicted octanol–water partition coefficient (Wildman–Crippen LogP) is -0.421. The van der Waals surface area contributed by atoms with Gasteiger partial charge in [-0.2, -0.15) is 10.5 Å². The fourth-order valence-electron chi connectivity index (χ4n) is 0.970. The monoisotopic (exact) mass is 209 g/mol. The van der Waals surface area contributed by atoms with Gasteiger partial charge < -0.3 is 16.0 Å². The van der Waals surface area contributed by atoms with E-state index in [4.69, 9.17) is 10.5 Å². The fourth-order valence-corrected chi connectivity index (χ4v) is 0.970. The zero-order valence-corrected chi connectivity index (χ0v) is 9.38. The maximum Gasteiger partial charge on any atom is 0.0924 e. The van der Waals surface area contributed by atoms with Crippen molar-refractivity contribution in [3.63, 3.8) is 0 Å². The molecule has 0 aromatic carbocycles. The van der Waals surface area contributed by atoms with Crippen molar-refractivity contribution >= 4 is 0 Å². The second-order valence-corrected chi connectivity index (χ2v) is 3.36. The van der Waals surface area contributed by atoms with Gasteiger partial charge in [0.25, 0.3) is 0 Å². The van der Waals surface area contributed by atoms with Crippen LogP contribution in [0, 0.1) is 22.7 Å². The first-order valence-electron chi connectivity index (χ1n) is 5.17. The van der Waals surface area contributed by atoms with Gasteiger partial charge in [-0.1, -0.05) is 0 Å². The number of nitrogens with one attached hydrogen (secondary N) is 3. The summed E-state index contributed by atoms with van der Waals surface area (Å²) in [5.74, 6) is 0. The highest BCUT2D eigenvalue weighted by molar-refractivity contribution is 4.86. The van der Waals surface area contributed by atoms with E-state index in [0.717, 1.165) is 26.2 Å². The van der Waals surface area contributed by atoms with E-state index >= 15 is 0 Å². The Bertz CT molecular complexity index is 203. The molecule has 5 heteroatoms. The largest absolute Gasteiger partial charge is 0.314 e. The van der Waals surface area contributed by atoms with Crippen LogP contribution < -0.4 is 16.0 Å². The summed E-state index contributed by atoms with van der Waals surface area (Å²) in [6.45, 7) is 6.88. The van der Waals surface area contributed by atoms with Crippen molar-refractivity contribution in [2.24, 2.45) is 0 Å². The molecule has 0 aliphatic carbocycles. The van der Waals surface area contributed by atoms with E-state index in [-0.39, 0.29) is 12.1 Å². The highest BCUT2D eigenvalue weighted by Gasteiger charge is 1.97. The van der Waals surface area contributed by atoms with Gasteiger partial charge in [0.1, 0.15) is 0 Å². The number of hydrogen-bond donors (Lipinski definition) is 3. The Labute approximate surface area is 91.5 Å². The van der Waals surface area contributed by atoms with Gasteiger partial charge in [-0.3, -0.25) is 0 Å². The fraction of sp³-hybridized carbons (Fsp3) is 0.800. The van der Waals surface area contributed by atoms with Crippen LogP contribution in [0.5, 0.6) is 0 Å². The van der Waals surface area contributed by atoms with Crippen molar-refractivity contribution in [3.8, 4) is 12.1 Å². The summed E-state index contributed by atoms with van der Waals surface area (Å²) in [6, 6.07) is 4.02. The molecule has 0 bridgehead atoms. The Morgan fingerprint density at radius 3 is 1.60 bits per heavy atom. The molecule has 2 unspecified atom stereocenters. The third-order valence-electron chi connectivity index (χ3n) is 1.89. The summed E-state index contributed by atoms with van der Waals surface area (Å²) < 4.78 is 0. The van der Waals surface area contributed by atoms with Crippen LogP contribution in [0.2, 0.25) is 0 Å². The minimum atomic E-state index is -0.0939. The Hall–Kier alpha value is -1.14. The zero-order valence-electron chi connectivity index (χ0n) is 9.38. The van der Waals surface area contributed by atoms with Gasteiger partial charge in [-0.25, -0.2) is 0 Å². The minimum Gasteiger partial charge on any atom is -0.314 e. The topological polar surface area (TPSA) is 83.7 Å². The lowest BCUT2D eigenvalue weighted by Crippen LogP contribution is -2.37. The van der Waals surface area contributed by atoms with Crippen molar-refractivity contribution in [3.05, 3.63) is 0 Å². The first kappa shape index (κ1) is 13.9. The quantitative estimate of drug-likeness (QED) is 0.473. The molecule has 0 amide bonds. The van der Waals surface area contributed by atoms with Crippen LogP contribution in [0.3, 0.4) is 0 Å². The molecule has 0 saturated heterocycles. The molecule has 84 valence electrons. The molecular weight excluding hydrogens is 190 g/mol. The van der Waals surface area contributed by atoms with Crippen LogP contribution in [0.1, 0.15) is 13.8 Å². The standard InChI is InChI=1S/C10H19N5/c1-9(7-11)14-5-3-13-4-6-15-10(2)8-12/h9-10,13-15H,3-6H2,1-2H3. The molecule has 0 heterocycles. The van der Waals surface area contributed by atoms with Crippen molar-refractivity contribution in [1.29, 1.82) is 10.5 Å². The van der Waals surface area contributed by atoms with Crippen molar-refractivity contribution in [1.82, 2.24) is 16.0 Å². The van der Waals surface area contributed by atoms with Crippen molar-refractivity contribution in [2.75, 3.05) is 26.2 Å². The van der Waals surface area contributed by atoms with Gasteiger partial charge in [0.2, 0.25) is 0 Å². The van der Waals surface area contributed by atoms with Crippen LogP contribution in [0.25, 0.3) is 0 Å². The Morgan fingerprint density at radius 1 is 0.867 bits per heavy atom. The van der Waals surface area contributed by atoms with Crippen LogP contribution in [-0.4, -0.2) is 38.3 Å². The van der Waals surface area contributed by atoms with E-state index in [1.54, 1.807) is 0 Å². The van der Waals surface area contributed by atoms with E-state index in [1.165, 1.54) is 0 Å². The minimum absolute atomic E-state index is 0.0939. The van der Waals surface area contributed by atoms with Gasteiger partial charge in [-0.15, -0.1) is 0 Å². The van der Waals surface area contributed by atoms with Crippen LogP contribution in [0.15, 0.2) is 0 Å². The number of nitrogens with zero attached hydrogens (tertiary/aromatic N) is 2. The molecule has 0 aliphatic rings. The van der Waals surface area contributed by atoms with E-state index in [0.29, 0.717) is 0 Å². The number of nitriles is 2. The molecule has 0 aromatic heterocycles. The lowest BCUT2D eigenvalue weighted by molar-refractivity contribution is 0.557. The predicted molar refractivity (Wildman–Crippen MR) is 59.0 cm³/mol. The maximum absolute atomic E-state index is 8.49. The maximum atomic E-state index is 8.49. The molecule has 15 heavy (non-hydrogen) atoms. The summed E-state index contributed by atoms with van der Waals surface area (Å²) in [5.41, 5.74) is 0. The van der Waals surface area contributed by atoms with Gasteiger partial charge in [0.05, 0.1) is 24.2 Å². The molecule has 0 saturated carbocycles. The summed E-state index contributed by atoms with van der Waals surface area (Å²) in [5, 5.41) is 26.3. The SMILES string of the molecule is CC(C#N)NCCNCCNC(C)C#N. The normalized spacial score (nSPS) is 13.9. The Kier molecular flexibility index (Phi) is 8.70. The molecule has 0 aliphatic heterocycles. The zero-order chi connectivity index (χ0) is 11.5. The van der Waals surface area contributed by atoms with Crippen LogP contribution in [0.4, 0.5) is 0 Å². The number of rotatable bonds is 8. The molecule has 0 fully saturated rings. The smallest absolute Gasteiger partial charge is 0.0924 e. The first-order valence-corrected chi connectivity index (χ1v) is 5.17. The summed E-state index contributed by atoms with van der Waals surface area (Å²) in [7, 11) is 0. The Balaban J connectivity index is 3.13. The van der Waals surface area contributed by atoms with E-state index in [2.05, 4.69) is 28.1 Å². The second kappa shape index (κ2) is 9.42. The summed E-state index contributed by atoms with van der Waals surface area (Å²) >= 11 is 0. The molecule has 5 nitrogen and oxygen atoms in total.